The van der Waals surface area contributed by atoms with Crippen molar-refractivity contribution in [2.45, 2.75) is 6.42 Å². The Bertz CT molecular complexity index is 398. The molecule has 2 heterocycles. The molecule has 6 heteroatoms. The van der Waals surface area contributed by atoms with Gasteiger partial charge in [-0.3, -0.25) is 4.90 Å². The highest BCUT2D eigenvalue weighted by Gasteiger charge is 2.16. The molecular formula is C13H23N5O. The summed E-state index contributed by atoms with van der Waals surface area (Å²) in [5.74, 6) is 1.73. The van der Waals surface area contributed by atoms with Gasteiger partial charge < -0.3 is 14.9 Å². The summed E-state index contributed by atoms with van der Waals surface area (Å²) >= 11 is 0. The van der Waals surface area contributed by atoms with Gasteiger partial charge in [0.15, 0.2) is 0 Å². The molecule has 1 N–H and O–H groups in total. The highest BCUT2D eigenvalue weighted by atomic mass is 16.3. The second-order valence-corrected chi connectivity index (χ2v) is 5.02. The molecule has 2 rings (SSSR count). The first-order valence-corrected chi connectivity index (χ1v) is 6.79. The van der Waals surface area contributed by atoms with Gasteiger partial charge in [-0.15, -0.1) is 0 Å². The fourth-order valence-electron chi connectivity index (χ4n) is 2.30. The molecule has 0 unspecified atom stereocenters. The van der Waals surface area contributed by atoms with Crippen molar-refractivity contribution in [3.05, 3.63) is 12.3 Å². The third kappa shape index (κ3) is 3.78. The standard InChI is InChI=1S/C13H23N5O/c1-16(2)13-14-5-4-12(15-13)18-7-3-6-17(8-9-18)10-11-19/h4-5,19H,3,6-11H2,1-2H3. The molecule has 1 aromatic heterocycles. The third-order valence-corrected chi connectivity index (χ3v) is 3.36. The monoisotopic (exact) mass is 265 g/mol. The fraction of sp³-hybridized carbons (Fsp3) is 0.692. The second kappa shape index (κ2) is 6.68. The van der Waals surface area contributed by atoms with Crippen LogP contribution in [0.25, 0.3) is 0 Å². The molecule has 1 aromatic rings. The van der Waals surface area contributed by atoms with Gasteiger partial charge in [0.05, 0.1) is 6.61 Å². The van der Waals surface area contributed by atoms with Crippen LogP contribution in [0.15, 0.2) is 12.3 Å². The summed E-state index contributed by atoms with van der Waals surface area (Å²) in [7, 11) is 3.90. The highest BCUT2D eigenvalue weighted by molar-refractivity contribution is 5.43. The van der Waals surface area contributed by atoms with Crippen LogP contribution in [0.4, 0.5) is 11.8 Å². The fourth-order valence-corrected chi connectivity index (χ4v) is 2.30. The topological polar surface area (TPSA) is 55.7 Å². The molecule has 1 aliphatic rings. The lowest BCUT2D eigenvalue weighted by atomic mass is 10.3. The summed E-state index contributed by atoms with van der Waals surface area (Å²) in [4.78, 5) is 15.3. The van der Waals surface area contributed by atoms with Crippen molar-refractivity contribution in [1.82, 2.24) is 14.9 Å². The van der Waals surface area contributed by atoms with Gasteiger partial charge in [0.25, 0.3) is 0 Å². The molecule has 1 saturated heterocycles. The smallest absolute Gasteiger partial charge is 0.226 e. The molecule has 0 aromatic carbocycles. The first kappa shape index (κ1) is 14.0. The van der Waals surface area contributed by atoms with E-state index in [-0.39, 0.29) is 6.61 Å². The first-order valence-electron chi connectivity index (χ1n) is 6.79. The maximum atomic E-state index is 9.01. The predicted molar refractivity (Wildman–Crippen MR) is 76.7 cm³/mol. The number of aliphatic hydroxyl groups excluding tert-OH is 1. The second-order valence-electron chi connectivity index (χ2n) is 5.02. The minimum Gasteiger partial charge on any atom is -0.395 e. The van der Waals surface area contributed by atoms with Crippen LogP contribution < -0.4 is 9.80 Å². The van der Waals surface area contributed by atoms with Crippen molar-refractivity contribution in [1.29, 1.82) is 0 Å². The Balaban J connectivity index is 2.03. The Morgan fingerprint density at radius 1 is 1.26 bits per heavy atom. The van der Waals surface area contributed by atoms with Crippen molar-refractivity contribution >= 4 is 11.8 Å². The van der Waals surface area contributed by atoms with Crippen molar-refractivity contribution in [3.63, 3.8) is 0 Å². The first-order chi connectivity index (χ1) is 9.20. The van der Waals surface area contributed by atoms with Crippen molar-refractivity contribution in [2.75, 3.05) is 63.2 Å². The number of rotatable bonds is 4. The SMILES string of the molecule is CN(C)c1nccc(N2CCCN(CCO)CC2)n1. The predicted octanol–water partition coefficient (Wildman–Crippen LogP) is 0.0470. The van der Waals surface area contributed by atoms with Gasteiger partial charge in [-0.25, -0.2) is 4.98 Å². The molecule has 106 valence electrons. The minimum absolute atomic E-state index is 0.234. The van der Waals surface area contributed by atoms with Crippen LogP contribution in [0.5, 0.6) is 0 Å². The summed E-state index contributed by atoms with van der Waals surface area (Å²) in [5, 5.41) is 9.01. The van der Waals surface area contributed by atoms with E-state index in [4.69, 9.17) is 5.11 Å². The van der Waals surface area contributed by atoms with Gasteiger partial charge >= 0.3 is 0 Å². The van der Waals surface area contributed by atoms with E-state index < -0.39 is 0 Å². The van der Waals surface area contributed by atoms with E-state index in [1.165, 1.54) is 0 Å². The average molecular weight is 265 g/mol. The molecule has 0 spiro atoms. The van der Waals surface area contributed by atoms with Gasteiger partial charge in [-0.05, 0) is 19.0 Å². The summed E-state index contributed by atoms with van der Waals surface area (Å²) in [6, 6.07) is 1.97. The summed E-state index contributed by atoms with van der Waals surface area (Å²) in [5.41, 5.74) is 0. The zero-order valence-electron chi connectivity index (χ0n) is 11.8. The lowest BCUT2D eigenvalue weighted by Gasteiger charge is -2.23. The van der Waals surface area contributed by atoms with E-state index in [1.54, 1.807) is 0 Å². The van der Waals surface area contributed by atoms with Crippen molar-refractivity contribution in [3.8, 4) is 0 Å². The van der Waals surface area contributed by atoms with Gasteiger partial charge in [0.1, 0.15) is 5.82 Å². The van der Waals surface area contributed by atoms with E-state index in [9.17, 15) is 0 Å². The summed E-state index contributed by atoms with van der Waals surface area (Å²) in [6.45, 7) is 4.97. The zero-order chi connectivity index (χ0) is 13.7. The normalized spacial score (nSPS) is 17.3. The van der Waals surface area contributed by atoms with Gasteiger partial charge in [0.2, 0.25) is 5.95 Å². The molecule has 0 aliphatic carbocycles. The molecule has 19 heavy (non-hydrogen) atoms. The van der Waals surface area contributed by atoms with E-state index in [1.807, 2.05) is 31.3 Å². The van der Waals surface area contributed by atoms with Crippen LogP contribution in [-0.2, 0) is 0 Å². The van der Waals surface area contributed by atoms with Gasteiger partial charge in [-0.2, -0.15) is 4.98 Å². The zero-order valence-corrected chi connectivity index (χ0v) is 11.8. The Hall–Kier alpha value is -1.40. The van der Waals surface area contributed by atoms with Crippen LogP contribution in [0.2, 0.25) is 0 Å². The molecule has 0 atom stereocenters. The Kier molecular flexibility index (Phi) is 4.93. The number of aliphatic hydroxyl groups is 1. The van der Waals surface area contributed by atoms with Crippen molar-refractivity contribution in [2.24, 2.45) is 0 Å². The maximum absolute atomic E-state index is 9.01. The van der Waals surface area contributed by atoms with Crippen LogP contribution in [-0.4, -0.2) is 73.4 Å². The molecule has 0 radical (unpaired) electrons. The summed E-state index contributed by atoms with van der Waals surface area (Å²) < 4.78 is 0. The lowest BCUT2D eigenvalue weighted by molar-refractivity contribution is 0.204. The molecule has 0 saturated carbocycles. The van der Waals surface area contributed by atoms with Crippen molar-refractivity contribution < 1.29 is 5.11 Å². The van der Waals surface area contributed by atoms with Gasteiger partial charge in [0, 0.05) is 46.5 Å². The Morgan fingerprint density at radius 3 is 2.84 bits per heavy atom. The number of hydrogen-bond acceptors (Lipinski definition) is 6. The van der Waals surface area contributed by atoms with Crippen LogP contribution in [0.3, 0.4) is 0 Å². The number of aromatic nitrogens is 2. The van der Waals surface area contributed by atoms with Gasteiger partial charge in [-0.1, -0.05) is 0 Å². The quantitative estimate of drug-likeness (QED) is 0.830. The molecule has 6 nitrogen and oxygen atoms in total. The maximum Gasteiger partial charge on any atom is 0.226 e. The highest BCUT2D eigenvalue weighted by Crippen LogP contribution is 2.15. The lowest BCUT2D eigenvalue weighted by Crippen LogP contribution is -2.32. The van der Waals surface area contributed by atoms with Crippen LogP contribution in [0, 0.1) is 0 Å². The largest absolute Gasteiger partial charge is 0.395 e. The molecular weight excluding hydrogens is 242 g/mol. The van der Waals surface area contributed by atoms with Crippen LogP contribution in [0.1, 0.15) is 6.42 Å². The van der Waals surface area contributed by atoms with E-state index in [0.717, 1.165) is 50.9 Å². The van der Waals surface area contributed by atoms with E-state index >= 15 is 0 Å². The third-order valence-electron chi connectivity index (χ3n) is 3.36. The minimum atomic E-state index is 0.234. The Morgan fingerprint density at radius 2 is 2.11 bits per heavy atom. The molecule has 1 fully saturated rings. The van der Waals surface area contributed by atoms with E-state index in [2.05, 4.69) is 19.8 Å². The number of anilines is 2. The van der Waals surface area contributed by atoms with E-state index in [0.29, 0.717) is 0 Å². The Labute approximate surface area is 114 Å². The molecule has 0 amide bonds. The number of nitrogens with zero attached hydrogens (tertiary/aromatic N) is 5. The summed E-state index contributed by atoms with van der Waals surface area (Å²) in [6.07, 6.45) is 2.91. The average Bonchev–Trinajstić information content (AvgIpc) is 2.65. The molecule has 0 bridgehead atoms. The molecule has 1 aliphatic heterocycles. The number of β-amino-alcohol motifs (C(OH)–C–C–N with tert-alkyl or cyclic N) is 1. The van der Waals surface area contributed by atoms with Crippen LogP contribution >= 0.6 is 0 Å². The number of hydrogen-bond donors (Lipinski definition) is 1.